The predicted octanol–water partition coefficient (Wildman–Crippen LogP) is 2.37. The lowest BCUT2D eigenvalue weighted by Crippen LogP contribution is -2.49. The molecule has 1 aliphatic rings. The molecular weight excluding hydrogens is 438 g/mol. The quantitative estimate of drug-likeness (QED) is 0.466. The fourth-order valence-electron chi connectivity index (χ4n) is 3.61. The molecule has 1 aliphatic heterocycles. The molecule has 2 aromatic heterocycles. The molecule has 1 saturated heterocycles. The Kier molecular flexibility index (Phi) is 5.05. The maximum atomic E-state index is 12.9. The van der Waals surface area contributed by atoms with Crippen LogP contribution >= 0.6 is 11.6 Å². The van der Waals surface area contributed by atoms with Crippen molar-refractivity contribution in [2.24, 2.45) is 0 Å². The Bertz CT molecular complexity index is 1320. The first kappa shape index (κ1) is 19.9. The highest BCUT2D eigenvalue weighted by Gasteiger charge is 2.30. The van der Waals surface area contributed by atoms with Crippen LogP contribution in [0.4, 0.5) is 5.82 Å². The minimum Gasteiger partial charge on any atom is -0.352 e. The Morgan fingerprint density at radius 2 is 1.58 bits per heavy atom. The maximum Gasteiger partial charge on any atom is 0.243 e. The molecule has 3 heterocycles. The van der Waals surface area contributed by atoms with Gasteiger partial charge in [0, 0.05) is 31.2 Å². The molecule has 0 N–H and O–H groups in total. The highest BCUT2D eigenvalue weighted by molar-refractivity contribution is 7.89. The second-order valence-electron chi connectivity index (χ2n) is 7.05. The first-order valence-corrected chi connectivity index (χ1v) is 11.5. The van der Waals surface area contributed by atoms with Gasteiger partial charge in [0.25, 0.3) is 0 Å². The number of nitrogens with zero attached hydrogens (tertiary/aromatic N) is 7. The number of fused-ring (bicyclic) bond motifs is 1. The number of aromatic nitrogens is 5. The SMILES string of the molecule is O=S(=O)(c1ccccc1)N1CCN(c2ncnc3c2nnn3-c2ccc(Cl)cc2)CC1. The van der Waals surface area contributed by atoms with E-state index in [1.165, 1.54) is 10.6 Å². The number of hydrogen-bond acceptors (Lipinski definition) is 7. The second kappa shape index (κ2) is 7.88. The van der Waals surface area contributed by atoms with Crippen molar-refractivity contribution < 1.29 is 8.42 Å². The topological polar surface area (TPSA) is 97.1 Å². The summed E-state index contributed by atoms with van der Waals surface area (Å²) in [5, 5.41) is 9.15. The Morgan fingerprint density at radius 1 is 0.871 bits per heavy atom. The normalized spacial score (nSPS) is 15.5. The van der Waals surface area contributed by atoms with Crippen LogP contribution in [-0.2, 0) is 10.0 Å². The van der Waals surface area contributed by atoms with Crippen LogP contribution < -0.4 is 4.90 Å². The van der Waals surface area contributed by atoms with Gasteiger partial charge in [-0.2, -0.15) is 8.99 Å². The summed E-state index contributed by atoms with van der Waals surface area (Å²) in [5.74, 6) is 0.641. The molecule has 2 aromatic carbocycles. The average Bonchev–Trinajstić information content (AvgIpc) is 3.25. The van der Waals surface area contributed by atoms with Crippen LogP contribution in [0.5, 0.6) is 0 Å². The third kappa shape index (κ3) is 3.62. The van der Waals surface area contributed by atoms with Crippen molar-refractivity contribution in [3.8, 4) is 5.69 Å². The minimum atomic E-state index is -3.51. The number of piperazine rings is 1. The maximum absolute atomic E-state index is 12.9. The van der Waals surface area contributed by atoms with E-state index in [0.717, 1.165) is 5.69 Å². The van der Waals surface area contributed by atoms with Crippen LogP contribution in [-0.4, -0.2) is 63.9 Å². The summed E-state index contributed by atoms with van der Waals surface area (Å²) >= 11 is 5.98. The molecule has 1 fully saturated rings. The third-order valence-electron chi connectivity index (χ3n) is 5.21. The van der Waals surface area contributed by atoms with Crippen molar-refractivity contribution in [3.63, 3.8) is 0 Å². The Hall–Kier alpha value is -3.08. The lowest BCUT2D eigenvalue weighted by molar-refractivity contribution is 0.384. The zero-order valence-electron chi connectivity index (χ0n) is 16.3. The van der Waals surface area contributed by atoms with Crippen molar-refractivity contribution in [1.82, 2.24) is 29.3 Å². The zero-order valence-corrected chi connectivity index (χ0v) is 17.9. The largest absolute Gasteiger partial charge is 0.352 e. The van der Waals surface area contributed by atoms with Gasteiger partial charge in [0.1, 0.15) is 6.33 Å². The van der Waals surface area contributed by atoms with E-state index in [0.29, 0.717) is 53.1 Å². The van der Waals surface area contributed by atoms with E-state index in [4.69, 9.17) is 11.6 Å². The summed E-state index contributed by atoms with van der Waals surface area (Å²) in [6.45, 7) is 1.69. The van der Waals surface area contributed by atoms with E-state index in [2.05, 4.69) is 20.3 Å². The number of hydrogen-bond donors (Lipinski definition) is 0. The zero-order chi connectivity index (χ0) is 21.4. The van der Waals surface area contributed by atoms with Gasteiger partial charge >= 0.3 is 0 Å². The molecule has 158 valence electrons. The molecule has 0 bridgehead atoms. The highest BCUT2D eigenvalue weighted by atomic mass is 35.5. The Labute approximate surface area is 183 Å². The molecule has 0 unspecified atom stereocenters. The number of benzene rings is 2. The molecule has 0 amide bonds. The first-order valence-electron chi connectivity index (χ1n) is 9.66. The summed E-state index contributed by atoms with van der Waals surface area (Å²) in [6.07, 6.45) is 1.47. The molecule has 0 saturated carbocycles. The number of sulfonamides is 1. The Morgan fingerprint density at radius 3 is 2.29 bits per heavy atom. The monoisotopic (exact) mass is 455 g/mol. The summed E-state index contributed by atoms with van der Waals surface area (Å²) in [4.78, 5) is 11.1. The van der Waals surface area contributed by atoms with Gasteiger partial charge in [0.05, 0.1) is 10.6 Å². The Balaban J connectivity index is 1.40. The lowest BCUT2D eigenvalue weighted by Gasteiger charge is -2.34. The molecule has 11 heteroatoms. The van der Waals surface area contributed by atoms with E-state index < -0.39 is 10.0 Å². The predicted molar refractivity (Wildman–Crippen MR) is 117 cm³/mol. The van der Waals surface area contributed by atoms with Gasteiger partial charge in [0.2, 0.25) is 10.0 Å². The van der Waals surface area contributed by atoms with Gasteiger partial charge in [-0.25, -0.2) is 18.4 Å². The van der Waals surface area contributed by atoms with Gasteiger partial charge < -0.3 is 4.90 Å². The van der Waals surface area contributed by atoms with Crippen LogP contribution in [0.3, 0.4) is 0 Å². The number of anilines is 1. The van der Waals surface area contributed by atoms with E-state index >= 15 is 0 Å². The van der Waals surface area contributed by atoms with E-state index in [-0.39, 0.29) is 0 Å². The van der Waals surface area contributed by atoms with Gasteiger partial charge in [-0.15, -0.1) is 5.10 Å². The molecule has 4 aromatic rings. The minimum absolute atomic E-state index is 0.304. The third-order valence-corrected chi connectivity index (χ3v) is 7.37. The smallest absolute Gasteiger partial charge is 0.243 e. The van der Waals surface area contributed by atoms with Crippen LogP contribution in [0.1, 0.15) is 0 Å². The summed E-state index contributed by atoms with van der Waals surface area (Å²) in [6, 6.07) is 15.7. The standard InChI is InChI=1S/C20H18ClN7O2S/c21-15-6-8-16(9-7-15)28-20-18(24-25-28)19(22-14-23-20)26-10-12-27(13-11-26)31(29,30)17-4-2-1-3-5-17/h1-9,14H,10-13H2. The van der Waals surface area contributed by atoms with Crippen LogP contribution in [0.15, 0.2) is 65.8 Å². The average molecular weight is 456 g/mol. The van der Waals surface area contributed by atoms with Crippen LogP contribution in [0.25, 0.3) is 16.9 Å². The van der Waals surface area contributed by atoms with Crippen molar-refractivity contribution in [1.29, 1.82) is 0 Å². The summed E-state index contributed by atoms with van der Waals surface area (Å²) in [5.41, 5.74) is 1.93. The molecule has 31 heavy (non-hydrogen) atoms. The van der Waals surface area contributed by atoms with Crippen molar-refractivity contribution >= 4 is 38.6 Å². The second-order valence-corrected chi connectivity index (χ2v) is 9.43. The van der Waals surface area contributed by atoms with Gasteiger partial charge in [-0.1, -0.05) is 35.0 Å². The summed E-state index contributed by atoms with van der Waals surface area (Å²) in [7, 11) is -3.51. The molecule has 0 radical (unpaired) electrons. The van der Waals surface area contributed by atoms with Crippen LogP contribution in [0, 0.1) is 0 Å². The van der Waals surface area contributed by atoms with Crippen molar-refractivity contribution in [2.75, 3.05) is 31.1 Å². The number of rotatable bonds is 4. The fourth-order valence-corrected chi connectivity index (χ4v) is 5.18. The summed E-state index contributed by atoms with van der Waals surface area (Å²) < 4.78 is 28.9. The van der Waals surface area contributed by atoms with Crippen molar-refractivity contribution in [3.05, 3.63) is 65.9 Å². The first-order chi connectivity index (χ1) is 15.0. The molecule has 0 spiro atoms. The number of halogens is 1. The molecule has 9 nitrogen and oxygen atoms in total. The molecule has 0 atom stereocenters. The lowest BCUT2D eigenvalue weighted by atomic mass is 10.3. The fraction of sp³-hybridized carbons (Fsp3) is 0.200. The molecule has 0 aliphatic carbocycles. The highest BCUT2D eigenvalue weighted by Crippen LogP contribution is 2.25. The van der Waals surface area contributed by atoms with Crippen molar-refractivity contribution in [2.45, 2.75) is 4.90 Å². The molecular formula is C20H18ClN7O2S. The van der Waals surface area contributed by atoms with Gasteiger partial charge in [-0.05, 0) is 36.4 Å². The van der Waals surface area contributed by atoms with Gasteiger partial charge in [-0.3, -0.25) is 0 Å². The molecule has 5 rings (SSSR count). The van der Waals surface area contributed by atoms with Crippen LogP contribution in [0.2, 0.25) is 5.02 Å². The van der Waals surface area contributed by atoms with Gasteiger partial charge in [0.15, 0.2) is 17.0 Å². The van der Waals surface area contributed by atoms with E-state index in [9.17, 15) is 8.42 Å². The van der Waals surface area contributed by atoms with E-state index in [1.54, 1.807) is 47.1 Å². The van der Waals surface area contributed by atoms with E-state index in [1.807, 2.05) is 17.0 Å².